The van der Waals surface area contributed by atoms with E-state index in [9.17, 15) is 4.79 Å². The van der Waals surface area contributed by atoms with Gasteiger partial charge in [-0.25, -0.2) is 0 Å². The predicted molar refractivity (Wildman–Crippen MR) is 101 cm³/mol. The Morgan fingerprint density at radius 3 is 2.77 bits per heavy atom. The van der Waals surface area contributed by atoms with E-state index in [1.807, 2.05) is 19.1 Å². The third-order valence-corrected chi connectivity index (χ3v) is 5.07. The van der Waals surface area contributed by atoms with Gasteiger partial charge in [0.15, 0.2) is 5.65 Å². The summed E-state index contributed by atoms with van der Waals surface area (Å²) in [7, 11) is 0. The monoisotopic (exact) mass is 359 g/mol. The van der Waals surface area contributed by atoms with Gasteiger partial charge in [-0.05, 0) is 44.2 Å². The van der Waals surface area contributed by atoms with Gasteiger partial charge in [-0.2, -0.15) is 4.52 Å². The molecule has 1 aliphatic heterocycles. The summed E-state index contributed by atoms with van der Waals surface area (Å²) in [4.78, 5) is 14.9. The maximum atomic E-state index is 12.7. The number of fused-ring (bicyclic) bond motifs is 1. The Morgan fingerprint density at radius 1 is 1.38 bits per heavy atom. The van der Waals surface area contributed by atoms with Crippen molar-refractivity contribution in [3.63, 3.8) is 0 Å². The minimum absolute atomic E-state index is 0.0305. The summed E-state index contributed by atoms with van der Waals surface area (Å²) in [5.41, 5.74) is 6.32. The van der Waals surface area contributed by atoms with Crippen LogP contribution in [0.2, 0.25) is 0 Å². The average molecular weight is 359 g/mol. The van der Waals surface area contributed by atoms with Crippen LogP contribution in [0.25, 0.3) is 5.65 Å². The van der Waals surface area contributed by atoms with Crippen LogP contribution >= 0.6 is 0 Å². The molecule has 26 heavy (non-hydrogen) atoms. The van der Waals surface area contributed by atoms with Gasteiger partial charge in [0, 0.05) is 31.1 Å². The summed E-state index contributed by atoms with van der Waals surface area (Å²) in [6, 6.07) is 3.87. The first kappa shape index (κ1) is 18.6. The number of nitrogens with two attached hydrogens (primary N) is 1. The maximum Gasteiger partial charge on any atom is 0.223 e. The number of carbonyl (C=O) groups excluding carboxylic acids is 1. The molecule has 3 heterocycles. The zero-order chi connectivity index (χ0) is 18.7. The third kappa shape index (κ3) is 4.12. The molecule has 1 aliphatic rings. The smallest absolute Gasteiger partial charge is 0.223 e. The first-order valence-corrected chi connectivity index (χ1v) is 9.34. The van der Waals surface area contributed by atoms with Gasteiger partial charge < -0.3 is 16.0 Å². The number of nitrogens with zero attached hydrogens (tertiary/aromatic N) is 5. The van der Waals surface area contributed by atoms with Gasteiger partial charge in [-0.15, -0.1) is 15.3 Å². The van der Waals surface area contributed by atoms with Gasteiger partial charge in [-0.1, -0.05) is 13.8 Å². The number of aromatic nitrogens is 4. The van der Waals surface area contributed by atoms with E-state index in [4.69, 9.17) is 5.73 Å². The maximum absolute atomic E-state index is 12.7. The molecule has 0 bridgehead atoms. The Hall–Kier alpha value is -2.22. The summed E-state index contributed by atoms with van der Waals surface area (Å²) in [6.07, 6.45) is 4.12. The van der Waals surface area contributed by atoms with E-state index in [-0.39, 0.29) is 17.4 Å². The summed E-state index contributed by atoms with van der Waals surface area (Å²) in [6.45, 7) is 8.41. The molecule has 0 saturated carbocycles. The SMILES string of the molecule is CC(C)CC(C)(CN)NC(=O)C1CCN(c2ccc3nncn3n2)CC1. The van der Waals surface area contributed by atoms with E-state index in [1.165, 1.54) is 0 Å². The van der Waals surface area contributed by atoms with Gasteiger partial charge in [0.05, 0.1) is 0 Å². The van der Waals surface area contributed by atoms with Crippen LogP contribution in [0.1, 0.15) is 40.0 Å². The van der Waals surface area contributed by atoms with Crippen molar-refractivity contribution >= 4 is 17.4 Å². The summed E-state index contributed by atoms with van der Waals surface area (Å²) < 4.78 is 1.67. The molecule has 8 heteroatoms. The molecule has 1 amide bonds. The summed E-state index contributed by atoms with van der Waals surface area (Å²) >= 11 is 0. The van der Waals surface area contributed by atoms with Crippen LogP contribution in [0.15, 0.2) is 18.5 Å². The van der Waals surface area contributed by atoms with Crippen molar-refractivity contribution in [2.24, 2.45) is 17.6 Å². The van der Waals surface area contributed by atoms with Crippen LogP contribution in [0.3, 0.4) is 0 Å². The quantitative estimate of drug-likeness (QED) is 0.804. The number of rotatable bonds is 6. The van der Waals surface area contributed by atoms with Crippen molar-refractivity contribution in [1.82, 2.24) is 25.1 Å². The Kier molecular flexibility index (Phi) is 5.41. The van der Waals surface area contributed by atoms with Crippen LogP contribution in [0, 0.1) is 11.8 Å². The van der Waals surface area contributed by atoms with Crippen molar-refractivity contribution < 1.29 is 4.79 Å². The normalized spacial score (nSPS) is 18.3. The molecule has 2 aromatic heterocycles. The molecule has 0 spiro atoms. The molecule has 1 atom stereocenters. The third-order valence-electron chi connectivity index (χ3n) is 5.07. The second-order valence-electron chi connectivity index (χ2n) is 7.94. The lowest BCUT2D eigenvalue weighted by atomic mass is 9.88. The molecule has 1 unspecified atom stereocenters. The van der Waals surface area contributed by atoms with Crippen molar-refractivity contribution in [1.29, 1.82) is 0 Å². The number of hydrogen-bond acceptors (Lipinski definition) is 6. The highest BCUT2D eigenvalue weighted by atomic mass is 16.2. The van der Waals surface area contributed by atoms with Crippen LogP contribution in [-0.4, -0.2) is 50.9 Å². The first-order chi connectivity index (χ1) is 12.4. The summed E-state index contributed by atoms with van der Waals surface area (Å²) in [5.74, 6) is 1.54. The lowest BCUT2D eigenvalue weighted by molar-refractivity contribution is -0.127. The van der Waals surface area contributed by atoms with Crippen molar-refractivity contribution in [2.75, 3.05) is 24.5 Å². The topological polar surface area (TPSA) is 101 Å². The minimum atomic E-state index is -0.330. The van der Waals surface area contributed by atoms with E-state index in [0.717, 1.165) is 43.8 Å². The molecule has 1 saturated heterocycles. The molecular formula is C18H29N7O. The number of carbonyl (C=O) groups is 1. The van der Waals surface area contributed by atoms with Gasteiger partial charge >= 0.3 is 0 Å². The molecule has 1 fully saturated rings. The number of piperidine rings is 1. The molecule has 0 aliphatic carbocycles. The lowest BCUT2D eigenvalue weighted by Gasteiger charge is -2.36. The van der Waals surface area contributed by atoms with E-state index >= 15 is 0 Å². The molecule has 2 aromatic rings. The molecule has 0 radical (unpaired) electrons. The number of hydrogen-bond donors (Lipinski definition) is 2. The average Bonchev–Trinajstić information content (AvgIpc) is 3.08. The minimum Gasteiger partial charge on any atom is -0.355 e. The largest absolute Gasteiger partial charge is 0.355 e. The van der Waals surface area contributed by atoms with Crippen LogP contribution in [0.5, 0.6) is 0 Å². The second-order valence-corrected chi connectivity index (χ2v) is 7.94. The Balaban J connectivity index is 1.58. The molecule has 3 N–H and O–H groups in total. The highest BCUT2D eigenvalue weighted by Gasteiger charge is 2.31. The zero-order valence-electron chi connectivity index (χ0n) is 15.9. The molecule has 8 nitrogen and oxygen atoms in total. The van der Waals surface area contributed by atoms with Gasteiger partial charge in [0.25, 0.3) is 0 Å². The van der Waals surface area contributed by atoms with Gasteiger partial charge in [-0.3, -0.25) is 4.79 Å². The van der Waals surface area contributed by atoms with E-state index < -0.39 is 0 Å². The Bertz CT molecular complexity index is 751. The van der Waals surface area contributed by atoms with Crippen molar-refractivity contribution in [2.45, 2.75) is 45.6 Å². The van der Waals surface area contributed by atoms with Crippen molar-refractivity contribution in [3.8, 4) is 0 Å². The lowest BCUT2D eigenvalue weighted by Crippen LogP contribution is -2.54. The van der Waals surface area contributed by atoms with Gasteiger partial charge in [0.2, 0.25) is 5.91 Å². The predicted octanol–water partition coefficient (Wildman–Crippen LogP) is 1.22. The molecule has 3 rings (SSSR count). The van der Waals surface area contributed by atoms with Gasteiger partial charge in [0.1, 0.15) is 12.1 Å². The van der Waals surface area contributed by atoms with Crippen LogP contribution in [-0.2, 0) is 4.79 Å². The molecule has 142 valence electrons. The highest BCUT2D eigenvalue weighted by Crippen LogP contribution is 2.24. The van der Waals surface area contributed by atoms with Crippen LogP contribution in [0.4, 0.5) is 5.82 Å². The number of amides is 1. The van der Waals surface area contributed by atoms with Crippen molar-refractivity contribution in [3.05, 3.63) is 18.5 Å². The van der Waals surface area contributed by atoms with E-state index in [1.54, 1.807) is 10.8 Å². The fraction of sp³-hybridized carbons (Fsp3) is 0.667. The Morgan fingerprint density at radius 2 is 2.12 bits per heavy atom. The number of anilines is 1. The second kappa shape index (κ2) is 7.57. The highest BCUT2D eigenvalue weighted by molar-refractivity contribution is 5.79. The van der Waals surface area contributed by atoms with Crippen LogP contribution < -0.4 is 16.0 Å². The fourth-order valence-electron chi connectivity index (χ4n) is 3.74. The first-order valence-electron chi connectivity index (χ1n) is 9.34. The van der Waals surface area contributed by atoms with E-state index in [2.05, 4.69) is 39.4 Å². The summed E-state index contributed by atoms with van der Waals surface area (Å²) in [5, 5.41) is 15.6. The fourth-order valence-corrected chi connectivity index (χ4v) is 3.74. The molecular weight excluding hydrogens is 330 g/mol. The van der Waals surface area contributed by atoms with E-state index in [0.29, 0.717) is 12.5 Å². The molecule has 0 aromatic carbocycles. The standard InChI is InChI=1S/C18H29N7O/c1-13(2)10-18(3,11-19)21-17(26)14-6-8-24(9-7-14)16-5-4-15-22-20-12-25(15)23-16/h4-5,12-14H,6-11,19H2,1-3H3,(H,21,26). The Labute approximate surface area is 154 Å². The zero-order valence-corrected chi connectivity index (χ0v) is 15.9. The number of nitrogens with one attached hydrogen (secondary N) is 1.